The van der Waals surface area contributed by atoms with Crippen molar-refractivity contribution >= 4 is 11.8 Å². The molecule has 1 aliphatic rings. The van der Waals surface area contributed by atoms with Gasteiger partial charge in [-0.3, -0.25) is 14.5 Å². The Morgan fingerprint density at radius 2 is 2.06 bits per heavy atom. The van der Waals surface area contributed by atoms with Gasteiger partial charge in [0, 0.05) is 18.5 Å². The molecule has 5 heteroatoms. The van der Waals surface area contributed by atoms with Crippen molar-refractivity contribution in [1.82, 2.24) is 4.90 Å². The molecule has 0 amide bonds. The summed E-state index contributed by atoms with van der Waals surface area (Å²) in [5, 5.41) is 0. The molecule has 5 nitrogen and oxygen atoms in total. The van der Waals surface area contributed by atoms with E-state index in [1.165, 1.54) is 0 Å². The Kier molecular flexibility index (Phi) is 5.75. The number of morpholine rings is 1. The van der Waals surface area contributed by atoms with Crippen LogP contribution in [0.2, 0.25) is 0 Å². The first-order chi connectivity index (χ1) is 8.45. The van der Waals surface area contributed by atoms with E-state index in [1.54, 1.807) is 6.92 Å². The van der Waals surface area contributed by atoms with E-state index in [-0.39, 0.29) is 30.1 Å². The second-order valence-electron chi connectivity index (χ2n) is 5.13. The molecule has 0 aromatic carbocycles. The lowest BCUT2D eigenvalue weighted by Crippen LogP contribution is -2.54. The molecular formula is C13H23NO4. The van der Waals surface area contributed by atoms with Gasteiger partial charge in [0.1, 0.15) is 5.78 Å². The van der Waals surface area contributed by atoms with Crippen molar-refractivity contribution < 1.29 is 19.1 Å². The summed E-state index contributed by atoms with van der Waals surface area (Å²) in [6.07, 6.45) is 0.434. The third-order valence-electron chi connectivity index (χ3n) is 3.10. The quantitative estimate of drug-likeness (QED) is 0.665. The highest BCUT2D eigenvalue weighted by Crippen LogP contribution is 2.18. The van der Waals surface area contributed by atoms with E-state index in [0.717, 1.165) is 6.54 Å². The van der Waals surface area contributed by atoms with Gasteiger partial charge < -0.3 is 9.47 Å². The third-order valence-corrected chi connectivity index (χ3v) is 3.10. The number of ketones is 1. The van der Waals surface area contributed by atoms with Gasteiger partial charge in [-0.05, 0) is 20.8 Å². The minimum absolute atomic E-state index is 0.0815. The molecule has 0 spiro atoms. The molecule has 1 rings (SSSR count). The number of esters is 1. The summed E-state index contributed by atoms with van der Waals surface area (Å²) < 4.78 is 10.2. The lowest BCUT2D eigenvalue weighted by Gasteiger charge is -2.41. The van der Waals surface area contributed by atoms with Crippen molar-refractivity contribution in [2.24, 2.45) is 0 Å². The summed E-state index contributed by atoms with van der Waals surface area (Å²) in [4.78, 5) is 25.1. The molecule has 0 radical (unpaired) electrons. The minimum Gasteiger partial charge on any atom is -0.466 e. The second-order valence-corrected chi connectivity index (χ2v) is 5.13. The molecule has 1 aliphatic heterocycles. The highest BCUT2D eigenvalue weighted by Gasteiger charge is 2.31. The summed E-state index contributed by atoms with van der Waals surface area (Å²) >= 11 is 0. The molecule has 0 aromatic heterocycles. The van der Waals surface area contributed by atoms with E-state index in [1.807, 2.05) is 0 Å². The van der Waals surface area contributed by atoms with Crippen LogP contribution >= 0.6 is 0 Å². The van der Waals surface area contributed by atoms with E-state index < -0.39 is 0 Å². The molecular weight excluding hydrogens is 234 g/mol. The van der Waals surface area contributed by atoms with Crippen LogP contribution in [-0.4, -0.2) is 55.1 Å². The van der Waals surface area contributed by atoms with Crippen LogP contribution in [0.15, 0.2) is 0 Å². The van der Waals surface area contributed by atoms with Gasteiger partial charge in [-0.25, -0.2) is 0 Å². The Labute approximate surface area is 108 Å². The highest BCUT2D eigenvalue weighted by atomic mass is 16.5. The molecule has 0 atom stereocenters. The molecule has 1 fully saturated rings. The number of nitrogens with zero attached hydrogens (tertiary/aromatic N) is 1. The maximum Gasteiger partial charge on any atom is 0.306 e. The smallest absolute Gasteiger partial charge is 0.306 e. The average Bonchev–Trinajstić information content (AvgIpc) is 2.30. The zero-order valence-corrected chi connectivity index (χ0v) is 11.5. The number of ether oxygens (including phenoxy) is 2. The number of carbonyl (C=O) groups excluding carboxylic acids is 2. The van der Waals surface area contributed by atoms with Crippen LogP contribution in [0.3, 0.4) is 0 Å². The molecule has 0 N–H and O–H groups in total. The summed E-state index contributed by atoms with van der Waals surface area (Å²) in [5.74, 6) is -0.217. The van der Waals surface area contributed by atoms with E-state index in [2.05, 4.69) is 18.7 Å². The third kappa shape index (κ3) is 4.74. The summed E-state index contributed by atoms with van der Waals surface area (Å²) in [6, 6.07) is 0. The minimum atomic E-state index is -0.299. The molecule has 0 saturated carbocycles. The summed E-state index contributed by atoms with van der Waals surface area (Å²) in [7, 11) is 0. The van der Waals surface area contributed by atoms with Crippen LogP contribution in [0, 0.1) is 0 Å². The predicted octanol–water partition coefficient (Wildman–Crippen LogP) is 1.01. The van der Waals surface area contributed by atoms with E-state index in [0.29, 0.717) is 26.4 Å². The monoisotopic (exact) mass is 257 g/mol. The van der Waals surface area contributed by atoms with Crippen molar-refractivity contribution in [2.75, 3.05) is 32.9 Å². The topological polar surface area (TPSA) is 55.8 Å². The molecule has 1 heterocycles. The number of rotatable bonds is 6. The van der Waals surface area contributed by atoms with Gasteiger partial charge in [0.15, 0.2) is 0 Å². The van der Waals surface area contributed by atoms with E-state index in [4.69, 9.17) is 9.47 Å². The highest BCUT2D eigenvalue weighted by molar-refractivity contribution is 5.84. The first-order valence-corrected chi connectivity index (χ1v) is 6.46. The molecule has 0 unspecified atom stereocenters. The number of carbonyl (C=O) groups is 2. The van der Waals surface area contributed by atoms with Crippen LogP contribution in [-0.2, 0) is 19.1 Å². The molecule has 104 valence electrons. The Morgan fingerprint density at radius 1 is 1.33 bits per heavy atom. The summed E-state index contributed by atoms with van der Waals surface area (Å²) in [5.41, 5.74) is -0.113. The fourth-order valence-corrected chi connectivity index (χ4v) is 1.95. The van der Waals surface area contributed by atoms with E-state index >= 15 is 0 Å². The predicted molar refractivity (Wildman–Crippen MR) is 67.3 cm³/mol. The van der Waals surface area contributed by atoms with Gasteiger partial charge in [-0.1, -0.05) is 0 Å². The van der Waals surface area contributed by atoms with Crippen molar-refractivity contribution in [3.63, 3.8) is 0 Å². The number of hydrogen-bond acceptors (Lipinski definition) is 5. The van der Waals surface area contributed by atoms with Crippen LogP contribution in [0.25, 0.3) is 0 Å². The SMILES string of the molecule is CCOC(=O)CCC(=O)CN1CCOCC1(C)C. The standard InChI is InChI=1S/C13H23NO4/c1-4-18-12(16)6-5-11(15)9-14-7-8-17-10-13(14,2)3/h4-10H2,1-3H3. The first kappa shape index (κ1) is 15.1. The van der Waals surface area contributed by atoms with Crippen LogP contribution in [0.1, 0.15) is 33.6 Å². The zero-order chi connectivity index (χ0) is 13.6. The molecule has 1 saturated heterocycles. The Hall–Kier alpha value is -0.940. The van der Waals surface area contributed by atoms with Crippen molar-refractivity contribution in [3.05, 3.63) is 0 Å². The van der Waals surface area contributed by atoms with Crippen molar-refractivity contribution in [2.45, 2.75) is 39.2 Å². The largest absolute Gasteiger partial charge is 0.466 e. The fraction of sp³-hybridized carbons (Fsp3) is 0.846. The maximum absolute atomic E-state index is 11.8. The van der Waals surface area contributed by atoms with Gasteiger partial charge in [-0.15, -0.1) is 0 Å². The number of hydrogen-bond donors (Lipinski definition) is 0. The van der Waals surface area contributed by atoms with Crippen LogP contribution in [0.4, 0.5) is 0 Å². The van der Waals surface area contributed by atoms with Gasteiger partial charge in [0.25, 0.3) is 0 Å². The average molecular weight is 257 g/mol. The van der Waals surface area contributed by atoms with Gasteiger partial charge >= 0.3 is 5.97 Å². The molecule has 18 heavy (non-hydrogen) atoms. The Bertz CT molecular complexity index is 301. The normalized spacial score (nSPS) is 19.5. The van der Waals surface area contributed by atoms with Gasteiger partial charge in [0.05, 0.1) is 32.8 Å². The maximum atomic E-state index is 11.8. The van der Waals surface area contributed by atoms with Crippen molar-refractivity contribution in [3.8, 4) is 0 Å². The number of Topliss-reactive ketones (excluding diaryl/α,β-unsaturated/α-hetero) is 1. The van der Waals surface area contributed by atoms with Crippen molar-refractivity contribution in [1.29, 1.82) is 0 Å². The second kappa shape index (κ2) is 6.85. The molecule has 0 aliphatic carbocycles. The lowest BCUT2D eigenvalue weighted by molar-refractivity contribution is -0.144. The Morgan fingerprint density at radius 3 is 2.67 bits per heavy atom. The fourth-order valence-electron chi connectivity index (χ4n) is 1.95. The lowest BCUT2D eigenvalue weighted by atomic mass is 10.0. The zero-order valence-electron chi connectivity index (χ0n) is 11.5. The first-order valence-electron chi connectivity index (χ1n) is 6.46. The molecule has 0 aromatic rings. The van der Waals surface area contributed by atoms with Crippen LogP contribution in [0.5, 0.6) is 0 Å². The van der Waals surface area contributed by atoms with Gasteiger partial charge in [0.2, 0.25) is 0 Å². The van der Waals surface area contributed by atoms with Crippen LogP contribution < -0.4 is 0 Å². The Balaban J connectivity index is 2.33. The van der Waals surface area contributed by atoms with Gasteiger partial charge in [-0.2, -0.15) is 0 Å². The molecule has 0 bridgehead atoms. The van der Waals surface area contributed by atoms with E-state index in [9.17, 15) is 9.59 Å². The summed E-state index contributed by atoms with van der Waals surface area (Å²) in [6.45, 7) is 8.69.